The van der Waals surface area contributed by atoms with Gasteiger partial charge in [-0.05, 0) is 45.7 Å². The lowest BCUT2D eigenvalue weighted by molar-refractivity contribution is -0.121. The van der Waals surface area contributed by atoms with Gasteiger partial charge in [0, 0.05) is 25.6 Å². The molecule has 0 aromatic heterocycles. The Morgan fingerprint density at radius 2 is 2.00 bits per heavy atom. The first kappa shape index (κ1) is 14.5. The summed E-state index contributed by atoms with van der Waals surface area (Å²) in [5.41, 5.74) is 0. The zero-order chi connectivity index (χ0) is 12.5. The lowest BCUT2D eigenvalue weighted by Crippen LogP contribution is -2.43. The second-order valence-electron chi connectivity index (χ2n) is 5.01. The van der Waals surface area contributed by atoms with E-state index in [-0.39, 0.29) is 18.6 Å². The number of carbonyl (C=O) groups excluding carboxylic acids is 1. The maximum atomic E-state index is 11.6. The van der Waals surface area contributed by atoms with E-state index in [1.807, 2.05) is 0 Å². The maximum Gasteiger partial charge on any atom is 0.220 e. The second-order valence-corrected chi connectivity index (χ2v) is 5.01. The molecule has 1 unspecified atom stereocenters. The SMILES string of the molecule is CC(CN1CCCCC1)NC(=O)CCCCO. The van der Waals surface area contributed by atoms with Crippen LogP contribution in [0.25, 0.3) is 0 Å². The Labute approximate surface area is 104 Å². The molecule has 17 heavy (non-hydrogen) atoms. The second kappa shape index (κ2) is 8.48. The summed E-state index contributed by atoms with van der Waals surface area (Å²) in [7, 11) is 0. The van der Waals surface area contributed by atoms with Crippen LogP contribution in [0.2, 0.25) is 0 Å². The van der Waals surface area contributed by atoms with Gasteiger partial charge in [0.05, 0.1) is 0 Å². The average Bonchev–Trinajstić information content (AvgIpc) is 2.30. The molecule has 0 bridgehead atoms. The number of amides is 1. The van der Waals surface area contributed by atoms with Gasteiger partial charge < -0.3 is 15.3 Å². The largest absolute Gasteiger partial charge is 0.396 e. The molecule has 1 aliphatic heterocycles. The van der Waals surface area contributed by atoms with Gasteiger partial charge in [-0.3, -0.25) is 4.79 Å². The third-order valence-corrected chi connectivity index (χ3v) is 3.20. The molecule has 0 radical (unpaired) electrons. The van der Waals surface area contributed by atoms with E-state index >= 15 is 0 Å². The van der Waals surface area contributed by atoms with Crippen LogP contribution in [0.1, 0.15) is 45.4 Å². The molecule has 1 saturated heterocycles. The first-order valence-corrected chi connectivity index (χ1v) is 6.85. The number of likely N-dealkylation sites (tertiary alicyclic amines) is 1. The number of nitrogens with zero attached hydrogens (tertiary/aromatic N) is 1. The number of hydrogen-bond donors (Lipinski definition) is 2. The number of piperidine rings is 1. The van der Waals surface area contributed by atoms with E-state index in [0.717, 1.165) is 13.0 Å². The van der Waals surface area contributed by atoms with Crippen molar-refractivity contribution in [2.24, 2.45) is 0 Å². The molecular weight excluding hydrogens is 216 g/mol. The Morgan fingerprint density at radius 3 is 2.65 bits per heavy atom. The van der Waals surface area contributed by atoms with Gasteiger partial charge in [0.15, 0.2) is 0 Å². The number of aliphatic hydroxyl groups is 1. The molecule has 1 aliphatic rings. The predicted molar refractivity (Wildman–Crippen MR) is 68.8 cm³/mol. The van der Waals surface area contributed by atoms with Crippen molar-refractivity contribution in [3.05, 3.63) is 0 Å². The molecule has 0 aromatic carbocycles. The number of nitrogens with one attached hydrogen (secondary N) is 1. The molecule has 1 heterocycles. The Kier molecular flexibility index (Phi) is 7.21. The highest BCUT2D eigenvalue weighted by atomic mass is 16.2. The van der Waals surface area contributed by atoms with Crippen molar-refractivity contribution in [1.29, 1.82) is 0 Å². The predicted octanol–water partition coefficient (Wildman–Crippen LogP) is 1.14. The first-order valence-electron chi connectivity index (χ1n) is 6.85. The van der Waals surface area contributed by atoms with Crippen molar-refractivity contribution >= 4 is 5.91 Å². The normalized spacial score (nSPS) is 18.9. The highest BCUT2D eigenvalue weighted by Crippen LogP contribution is 2.08. The fourth-order valence-electron chi connectivity index (χ4n) is 2.32. The summed E-state index contributed by atoms with van der Waals surface area (Å²) in [5.74, 6) is 0.114. The zero-order valence-corrected chi connectivity index (χ0v) is 11.0. The average molecular weight is 242 g/mol. The highest BCUT2D eigenvalue weighted by Gasteiger charge is 2.14. The molecule has 1 atom stereocenters. The van der Waals surface area contributed by atoms with Crippen molar-refractivity contribution in [1.82, 2.24) is 10.2 Å². The van der Waals surface area contributed by atoms with Gasteiger partial charge in [-0.1, -0.05) is 6.42 Å². The van der Waals surface area contributed by atoms with E-state index in [1.165, 1.54) is 32.4 Å². The summed E-state index contributed by atoms with van der Waals surface area (Å²) in [5, 5.41) is 11.7. The lowest BCUT2D eigenvalue weighted by atomic mass is 10.1. The lowest BCUT2D eigenvalue weighted by Gasteiger charge is -2.29. The maximum absolute atomic E-state index is 11.6. The van der Waals surface area contributed by atoms with Crippen LogP contribution in [0, 0.1) is 0 Å². The molecule has 4 heteroatoms. The van der Waals surface area contributed by atoms with E-state index in [2.05, 4.69) is 17.1 Å². The molecule has 0 spiro atoms. The van der Waals surface area contributed by atoms with Crippen LogP contribution in [0.5, 0.6) is 0 Å². The molecule has 0 aromatic rings. The monoisotopic (exact) mass is 242 g/mol. The van der Waals surface area contributed by atoms with Crippen LogP contribution >= 0.6 is 0 Å². The van der Waals surface area contributed by atoms with E-state index in [4.69, 9.17) is 5.11 Å². The number of unbranched alkanes of at least 4 members (excludes halogenated alkanes) is 1. The van der Waals surface area contributed by atoms with Crippen molar-refractivity contribution in [2.75, 3.05) is 26.2 Å². The van der Waals surface area contributed by atoms with E-state index < -0.39 is 0 Å². The summed E-state index contributed by atoms with van der Waals surface area (Å²) in [6, 6.07) is 0.231. The first-order chi connectivity index (χ1) is 8.22. The van der Waals surface area contributed by atoms with Crippen LogP contribution in [-0.4, -0.2) is 48.2 Å². The van der Waals surface area contributed by atoms with E-state index in [9.17, 15) is 4.79 Å². The fraction of sp³-hybridized carbons (Fsp3) is 0.923. The van der Waals surface area contributed by atoms with Crippen molar-refractivity contribution in [3.63, 3.8) is 0 Å². The van der Waals surface area contributed by atoms with Gasteiger partial charge in [-0.25, -0.2) is 0 Å². The van der Waals surface area contributed by atoms with Crippen molar-refractivity contribution in [3.8, 4) is 0 Å². The van der Waals surface area contributed by atoms with Gasteiger partial charge in [0.2, 0.25) is 5.91 Å². The highest BCUT2D eigenvalue weighted by molar-refractivity contribution is 5.76. The Hall–Kier alpha value is -0.610. The molecule has 4 nitrogen and oxygen atoms in total. The van der Waals surface area contributed by atoms with Gasteiger partial charge in [0.1, 0.15) is 0 Å². The van der Waals surface area contributed by atoms with Gasteiger partial charge in [-0.15, -0.1) is 0 Å². The van der Waals surface area contributed by atoms with Gasteiger partial charge in [0.25, 0.3) is 0 Å². The standard InChI is InChI=1S/C13H26N2O2/c1-12(11-15-8-4-2-5-9-15)14-13(17)7-3-6-10-16/h12,16H,2-11H2,1H3,(H,14,17). The summed E-state index contributed by atoms with van der Waals surface area (Å²) >= 11 is 0. The molecule has 100 valence electrons. The van der Waals surface area contributed by atoms with Crippen LogP contribution < -0.4 is 5.32 Å². The van der Waals surface area contributed by atoms with Crippen LogP contribution in [-0.2, 0) is 4.79 Å². The van der Waals surface area contributed by atoms with Crippen molar-refractivity contribution < 1.29 is 9.90 Å². The molecule has 1 fully saturated rings. The van der Waals surface area contributed by atoms with Crippen LogP contribution in [0.15, 0.2) is 0 Å². The topological polar surface area (TPSA) is 52.6 Å². The molecular formula is C13H26N2O2. The van der Waals surface area contributed by atoms with Crippen LogP contribution in [0.3, 0.4) is 0 Å². The minimum absolute atomic E-state index is 0.114. The molecule has 1 rings (SSSR count). The smallest absolute Gasteiger partial charge is 0.220 e. The quantitative estimate of drug-likeness (QED) is 0.658. The zero-order valence-electron chi connectivity index (χ0n) is 11.0. The number of rotatable bonds is 7. The summed E-state index contributed by atoms with van der Waals surface area (Å²) in [6.07, 6.45) is 5.95. The Balaban J connectivity index is 2.10. The summed E-state index contributed by atoms with van der Waals surface area (Å²) < 4.78 is 0. The minimum Gasteiger partial charge on any atom is -0.396 e. The fourth-order valence-corrected chi connectivity index (χ4v) is 2.32. The Morgan fingerprint density at radius 1 is 1.29 bits per heavy atom. The van der Waals surface area contributed by atoms with E-state index in [0.29, 0.717) is 12.8 Å². The third-order valence-electron chi connectivity index (χ3n) is 3.20. The Bertz CT molecular complexity index is 215. The number of aliphatic hydroxyl groups excluding tert-OH is 1. The van der Waals surface area contributed by atoms with E-state index in [1.54, 1.807) is 0 Å². The number of hydrogen-bond acceptors (Lipinski definition) is 3. The molecule has 1 amide bonds. The third kappa shape index (κ3) is 6.64. The van der Waals surface area contributed by atoms with Crippen molar-refractivity contribution in [2.45, 2.75) is 51.5 Å². The summed E-state index contributed by atoms with van der Waals surface area (Å²) in [6.45, 7) is 5.55. The van der Waals surface area contributed by atoms with Gasteiger partial charge >= 0.3 is 0 Å². The van der Waals surface area contributed by atoms with Crippen LogP contribution in [0.4, 0.5) is 0 Å². The minimum atomic E-state index is 0.114. The molecule has 2 N–H and O–H groups in total. The summed E-state index contributed by atoms with van der Waals surface area (Å²) in [4.78, 5) is 14.0. The molecule has 0 saturated carbocycles. The van der Waals surface area contributed by atoms with Gasteiger partial charge in [-0.2, -0.15) is 0 Å². The number of carbonyl (C=O) groups is 1. The molecule has 0 aliphatic carbocycles.